The Hall–Kier alpha value is -1.61. The lowest BCUT2D eigenvalue weighted by Gasteiger charge is -2.09. The predicted molar refractivity (Wildman–Crippen MR) is 70.4 cm³/mol. The molecular weight excluding hydrogens is 212 g/mol. The summed E-state index contributed by atoms with van der Waals surface area (Å²) in [6, 6.07) is 8.19. The van der Waals surface area contributed by atoms with Gasteiger partial charge in [-0.3, -0.25) is 4.98 Å². The van der Waals surface area contributed by atoms with Crippen molar-refractivity contribution in [2.75, 3.05) is 7.11 Å². The lowest BCUT2D eigenvalue weighted by molar-refractivity contribution is 0.415. The lowest BCUT2D eigenvalue weighted by atomic mass is 10.1. The molecule has 0 spiro atoms. The molecule has 2 N–H and O–H groups in total. The molecule has 0 aliphatic heterocycles. The Balaban J connectivity index is 2.51. The zero-order valence-electron chi connectivity index (χ0n) is 10.5. The summed E-state index contributed by atoms with van der Waals surface area (Å²) in [4.78, 5) is 4.62. The molecule has 0 fully saturated rings. The minimum atomic E-state index is 0.137. The summed E-state index contributed by atoms with van der Waals surface area (Å²) in [6.45, 7) is 4.09. The van der Waals surface area contributed by atoms with Gasteiger partial charge in [0.1, 0.15) is 5.75 Å². The van der Waals surface area contributed by atoms with Crippen molar-refractivity contribution in [1.82, 2.24) is 4.98 Å². The first-order chi connectivity index (χ1) is 8.10. The van der Waals surface area contributed by atoms with Gasteiger partial charge in [-0.15, -0.1) is 0 Å². The monoisotopic (exact) mass is 230 g/mol. The fourth-order valence-electron chi connectivity index (χ4n) is 2.00. The molecule has 1 atom stereocenters. The Bertz CT molecular complexity index is 535. The molecule has 90 valence electrons. The number of pyridine rings is 1. The topological polar surface area (TPSA) is 48.1 Å². The molecule has 0 aliphatic carbocycles. The van der Waals surface area contributed by atoms with Crippen LogP contribution in [0.3, 0.4) is 0 Å². The second kappa shape index (κ2) is 4.72. The molecule has 17 heavy (non-hydrogen) atoms. The molecule has 0 saturated carbocycles. The second-order valence-corrected chi connectivity index (χ2v) is 4.49. The van der Waals surface area contributed by atoms with Gasteiger partial charge < -0.3 is 10.5 Å². The summed E-state index contributed by atoms with van der Waals surface area (Å²) < 4.78 is 5.22. The third kappa shape index (κ3) is 2.56. The first-order valence-corrected chi connectivity index (χ1v) is 5.80. The molecule has 1 heterocycles. The Morgan fingerprint density at radius 2 is 2.12 bits per heavy atom. The minimum Gasteiger partial charge on any atom is -0.497 e. The van der Waals surface area contributed by atoms with E-state index in [1.165, 1.54) is 5.56 Å². The van der Waals surface area contributed by atoms with Crippen LogP contribution in [0.25, 0.3) is 10.9 Å². The van der Waals surface area contributed by atoms with E-state index in [1.807, 2.05) is 25.1 Å². The average molecular weight is 230 g/mol. The molecule has 3 heteroatoms. The van der Waals surface area contributed by atoms with Crippen LogP contribution in [-0.4, -0.2) is 18.1 Å². The summed E-state index contributed by atoms with van der Waals surface area (Å²) >= 11 is 0. The number of ether oxygens (including phenoxy) is 1. The molecule has 1 unspecified atom stereocenters. The maximum atomic E-state index is 5.80. The van der Waals surface area contributed by atoms with Crippen molar-refractivity contribution < 1.29 is 4.74 Å². The maximum absolute atomic E-state index is 5.80. The Kier molecular flexibility index (Phi) is 3.29. The number of methoxy groups -OCH3 is 1. The smallest absolute Gasteiger partial charge is 0.119 e. The van der Waals surface area contributed by atoms with E-state index in [2.05, 4.69) is 18.0 Å². The van der Waals surface area contributed by atoms with Crippen molar-refractivity contribution in [2.45, 2.75) is 26.3 Å². The second-order valence-electron chi connectivity index (χ2n) is 4.49. The van der Waals surface area contributed by atoms with Gasteiger partial charge in [-0.05, 0) is 43.7 Å². The Morgan fingerprint density at radius 3 is 2.76 bits per heavy atom. The number of fused-ring (bicyclic) bond motifs is 1. The van der Waals surface area contributed by atoms with Crippen molar-refractivity contribution in [1.29, 1.82) is 0 Å². The van der Waals surface area contributed by atoms with Gasteiger partial charge in [0.15, 0.2) is 0 Å². The quantitative estimate of drug-likeness (QED) is 0.881. The zero-order valence-corrected chi connectivity index (χ0v) is 10.5. The molecule has 2 aromatic rings. The van der Waals surface area contributed by atoms with Gasteiger partial charge in [-0.25, -0.2) is 0 Å². The molecule has 0 aliphatic rings. The molecule has 0 amide bonds. The summed E-state index contributed by atoms with van der Waals surface area (Å²) in [5.41, 5.74) is 9.07. The maximum Gasteiger partial charge on any atom is 0.119 e. The van der Waals surface area contributed by atoms with Crippen LogP contribution in [0.1, 0.15) is 18.2 Å². The molecular formula is C14H18N2O. The summed E-state index contributed by atoms with van der Waals surface area (Å²) in [5, 5.41) is 1.14. The van der Waals surface area contributed by atoms with Crippen LogP contribution in [-0.2, 0) is 6.42 Å². The number of aryl methyl sites for hydroxylation is 1. The fourth-order valence-corrected chi connectivity index (χ4v) is 2.00. The molecule has 1 aromatic heterocycles. The van der Waals surface area contributed by atoms with Gasteiger partial charge in [-0.2, -0.15) is 0 Å². The van der Waals surface area contributed by atoms with E-state index in [4.69, 9.17) is 10.5 Å². The van der Waals surface area contributed by atoms with E-state index in [1.54, 1.807) is 7.11 Å². The van der Waals surface area contributed by atoms with E-state index in [0.717, 1.165) is 28.8 Å². The standard InChI is InChI=1S/C14H18N2O/c1-9-6-11(7-10(2)15)16-14-5-4-12(17-3)8-13(9)14/h4-6,8,10H,7,15H2,1-3H3. The molecule has 2 rings (SSSR count). The van der Waals surface area contributed by atoms with Crippen LogP contribution in [0, 0.1) is 6.92 Å². The van der Waals surface area contributed by atoms with Gasteiger partial charge in [-0.1, -0.05) is 0 Å². The highest BCUT2D eigenvalue weighted by atomic mass is 16.5. The zero-order chi connectivity index (χ0) is 12.4. The SMILES string of the molecule is COc1ccc2nc(CC(C)N)cc(C)c2c1. The highest BCUT2D eigenvalue weighted by molar-refractivity contribution is 5.83. The van der Waals surface area contributed by atoms with Crippen molar-refractivity contribution in [2.24, 2.45) is 5.73 Å². The molecule has 0 bridgehead atoms. The highest BCUT2D eigenvalue weighted by Gasteiger charge is 2.05. The van der Waals surface area contributed by atoms with Crippen LogP contribution in [0.4, 0.5) is 0 Å². The van der Waals surface area contributed by atoms with Crippen molar-refractivity contribution in [3.8, 4) is 5.75 Å². The van der Waals surface area contributed by atoms with E-state index < -0.39 is 0 Å². The van der Waals surface area contributed by atoms with Crippen LogP contribution < -0.4 is 10.5 Å². The number of rotatable bonds is 3. The number of hydrogen-bond donors (Lipinski definition) is 1. The first-order valence-electron chi connectivity index (χ1n) is 5.80. The summed E-state index contributed by atoms with van der Waals surface area (Å²) in [5.74, 6) is 0.863. The van der Waals surface area contributed by atoms with Gasteiger partial charge in [0.25, 0.3) is 0 Å². The number of nitrogens with two attached hydrogens (primary N) is 1. The Morgan fingerprint density at radius 1 is 1.35 bits per heavy atom. The van der Waals surface area contributed by atoms with E-state index in [0.29, 0.717) is 0 Å². The van der Waals surface area contributed by atoms with Gasteiger partial charge in [0, 0.05) is 23.5 Å². The van der Waals surface area contributed by atoms with Crippen molar-refractivity contribution in [3.63, 3.8) is 0 Å². The van der Waals surface area contributed by atoms with Gasteiger partial charge in [0.2, 0.25) is 0 Å². The third-order valence-electron chi connectivity index (χ3n) is 2.81. The largest absolute Gasteiger partial charge is 0.497 e. The van der Waals surface area contributed by atoms with E-state index >= 15 is 0 Å². The number of hydrogen-bond acceptors (Lipinski definition) is 3. The molecule has 3 nitrogen and oxygen atoms in total. The molecule has 0 saturated heterocycles. The number of benzene rings is 1. The molecule has 0 radical (unpaired) electrons. The predicted octanol–water partition coefficient (Wildman–Crippen LogP) is 2.44. The van der Waals surface area contributed by atoms with E-state index in [9.17, 15) is 0 Å². The third-order valence-corrected chi connectivity index (χ3v) is 2.81. The van der Waals surface area contributed by atoms with Gasteiger partial charge >= 0.3 is 0 Å². The number of aromatic nitrogens is 1. The number of nitrogens with zero attached hydrogens (tertiary/aromatic N) is 1. The fraction of sp³-hybridized carbons (Fsp3) is 0.357. The van der Waals surface area contributed by atoms with Crippen LogP contribution >= 0.6 is 0 Å². The average Bonchev–Trinajstić information content (AvgIpc) is 2.28. The Labute approximate surface area is 102 Å². The van der Waals surface area contributed by atoms with Crippen LogP contribution in [0.15, 0.2) is 24.3 Å². The summed E-state index contributed by atoms with van der Waals surface area (Å²) in [7, 11) is 1.67. The lowest BCUT2D eigenvalue weighted by Crippen LogP contribution is -2.18. The first kappa shape index (κ1) is 11.9. The van der Waals surface area contributed by atoms with Crippen molar-refractivity contribution in [3.05, 3.63) is 35.5 Å². The summed E-state index contributed by atoms with van der Waals surface area (Å²) in [6.07, 6.45) is 0.808. The van der Waals surface area contributed by atoms with Gasteiger partial charge in [0.05, 0.1) is 12.6 Å². The van der Waals surface area contributed by atoms with Crippen molar-refractivity contribution >= 4 is 10.9 Å². The highest BCUT2D eigenvalue weighted by Crippen LogP contribution is 2.23. The van der Waals surface area contributed by atoms with Crippen LogP contribution in [0.5, 0.6) is 5.75 Å². The molecule has 1 aromatic carbocycles. The van der Waals surface area contributed by atoms with E-state index in [-0.39, 0.29) is 6.04 Å². The van der Waals surface area contributed by atoms with Crippen LogP contribution in [0.2, 0.25) is 0 Å². The minimum absolute atomic E-state index is 0.137. The normalized spacial score (nSPS) is 12.7.